The van der Waals surface area contributed by atoms with Crippen molar-refractivity contribution in [3.05, 3.63) is 95.6 Å². The summed E-state index contributed by atoms with van der Waals surface area (Å²) in [5.74, 6) is -2.87. The fourth-order valence-electron chi connectivity index (χ4n) is 9.23. The SMILES string of the molecule is CC1CC2C3CCC4=CC(=O)C=CC4(C)C3(F)C(O)CC2(C)C1(O)C(=O)COP(=O)(O)O.c1ccc(CNCCNCc2ccccc2)cc1. The van der Waals surface area contributed by atoms with Crippen LogP contribution in [-0.4, -0.2) is 68.6 Å². The van der Waals surface area contributed by atoms with Gasteiger partial charge >= 0.3 is 7.82 Å². The number of carbonyl (C=O) groups is 2. The van der Waals surface area contributed by atoms with Crippen LogP contribution in [0.1, 0.15) is 57.6 Å². The maximum Gasteiger partial charge on any atom is 0.470 e. The Morgan fingerprint density at radius 2 is 1.54 bits per heavy atom. The Kier molecular flexibility index (Phi) is 11.5. The highest BCUT2D eigenvalue weighted by atomic mass is 31.2. The Bertz CT molecular complexity index is 1590. The van der Waals surface area contributed by atoms with Crippen LogP contribution in [0.15, 0.2) is 84.5 Å². The fraction of sp³-hybridized carbons (Fsp3) is 0.526. The first kappa shape index (κ1) is 38.4. The van der Waals surface area contributed by atoms with Crippen LogP contribution >= 0.6 is 7.82 Å². The molecule has 12 heteroatoms. The smallest absolute Gasteiger partial charge is 0.390 e. The standard InChI is InChI=1S/C22H30FO8P.C16H20N2/c1-12-8-16-15-5-4-13-9-14(24)6-7-19(13,2)21(15,23)17(25)10-20(16,3)22(12,27)18(26)11-31-32(28,29)30;1-3-7-15(8-4-1)13-17-11-12-18-14-16-9-5-2-6-10-16/h6-7,9,12,15-17,25,27H,4-5,8,10-11H2,1-3H3,(H2,28,29,30);1-10,17-18H,11-14H2. The highest BCUT2D eigenvalue weighted by molar-refractivity contribution is 7.46. The lowest BCUT2D eigenvalue weighted by Crippen LogP contribution is -2.69. The van der Waals surface area contributed by atoms with Crippen LogP contribution in [0.2, 0.25) is 0 Å². The first-order chi connectivity index (χ1) is 23.6. The molecule has 0 amide bonds. The van der Waals surface area contributed by atoms with Crippen molar-refractivity contribution in [3.8, 4) is 0 Å². The zero-order chi connectivity index (χ0) is 36.4. The summed E-state index contributed by atoms with van der Waals surface area (Å²) >= 11 is 0. The van der Waals surface area contributed by atoms with Crippen molar-refractivity contribution in [2.45, 2.75) is 76.9 Å². The minimum Gasteiger partial charge on any atom is -0.390 e. The summed E-state index contributed by atoms with van der Waals surface area (Å²) in [6.07, 6.45) is 3.70. The third-order valence-electron chi connectivity index (χ3n) is 11.8. The van der Waals surface area contributed by atoms with Gasteiger partial charge in [0.25, 0.3) is 0 Å². The molecule has 10 nitrogen and oxygen atoms in total. The molecule has 6 N–H and O–H groups in total. The lowest BCUT2D eigenvalue weighted by molar-refractivity contribution is -0.219. The number of phosphoric acid groups is 1. The van der Waals surface area contributed by atoms with Gasteiger partial charge in [-0.1, -0.05) is 86.2 Å². The average Bonchev–Trinajstić information content (AvgIpc) is 3.28. The van der Waals surface area contributed by atoms with Gasteiger partial charge in [-0.15, -0.1) is 0 Å². The summed E-state index contributed by atoms with van der Waals surface area (Å²) in [5.41, 5.74) is -3.21. The normalized spacial score (nSPS) is 34.5. The molecule has 0 spiro atoms. The topological polar surface area (TPSA) is 165 Å². The van der Waals surface area contributed by atoms with E-state index >= 15 is 4.39 Å². The molecular formula is C38H50FN2O8P. The van der Waals surface area contributed by atoms with E-state index in [2.05, 4.69) is 63.7 Å². The van der Waals surface area contributed by atoms with E-state index in [-0.39, 0.29) is 12.2 Å². The fourth-order valence-corrected chi connectivity index (χ4v) is 9.51. The molecule has 272 valence electrons. The number of ketones is 2. The zero-order valence-corrected chi connectivity index (χ0v) is 29.8. The predicted octanol–water partition coefficient (Wildman–Crippen LogP) is 4.58. The van der Waals surface area contributed by atoms with E-state index in [4.69, 9.17) is 9.79 Å². The maximum absolute atomic E-state index is 17.0. The summed E-state index contributed by atoms with van der Waals surface area (Å²) in [6.45, 7) is 7.85. The monoisotopic (exact) mass is 712 g/mol. The number of allylic oxidation sites excluding steroid dienone is 4. The molecule has 6 rings (SSSR count). The maximum atomic E-state index is 17.0. The third-order valence-corrected chi connectivity index (χ3v) is 12.3. The average molecular weight is 713 g/mol. The Hall–Kier alpha value is -2.86. The number of Topliss-reactive ketones (excluding diaryl/α,β-unsaturated/α-hetero) is 1. The minimum absolute atomic E-state index is 0.211. The molecule has 3 fully saturated rings. The van der Waals surface area contributed by atoms with Crippen molar-refractivity contribution in [2.75, 3.05) is 19.7 Å². The van der Waals surface area contributed by atoms with Crippen molar-refractivity contribution in [3.63, 3.8) is 0 Å². The Morgan fingerprint density at radius 1 is 0.980 bits per heavy atom. The summed E-state index contributed by atoms with van der Waals surface area (Å²) in [7, 11) is -4.93. The largest absolute Gasteiger partial charge is 0.470 e. The summed E-state index contributed by atoms with van der Waals surface area (Å²) in [4.78, 5) is 42.8. The molecule has 2 aromatic carbocycles. The molecule has 2 aromatic rings. The molecule has 0 saturated heterocycles. The van der Waals surface area contributed by atoms with Gasteiger partial charge in [-0.25, -0.2) is 8.96 Å². The van der Waals surface area contributed by atoms with E-state index in [1.807, 2.05) is 12.1 Å². The minimum atomic E-state index is -4.93. The van der Waals surface area contributed by atoms with Crippen LogP contribution in [-0.2, 0) is 31.8 Å². The molecule has 8 atom stereocenters. The summed E-state index contributed by atoms with van der Waals surface area (Å²) < 4.78 is 32.5. The molecule has 8 unspecified atom stereocenters. The van der Waals surface area contributed by atoms with Crippen molar-refractivity contribution in [2.24, 2.45) is 28.6 Å². The van der Waals surface area contributed by atoms with E-state index in [1.165, 1.54) is 29.4 Å². The number of rotatable bonds is 11. The van der Waals surface area contributed by atoms with Crippen LogP contribution < -0.4 is 10.6 Å². The Labute approximate surface area is 293 Å². The molecule has 0 bridgehead atoms. The molecule has 50 heavy (non-hydrogen) atoms. The van der Waals surface area contributed by atoms with E-state index in [0.29, 0.717) is 24.8 Å². The number of carbonyl (C=O) groups excluding carboxylic acids is 2. The van der Waals surface area contributed by atoms with Crippen LogP contribution in [0.5, 0.6) is 0 Å². The van der Waals surface area contributed by atoms with Crippen LogP contribution in [0.4, 0.5) is 4.39 Å². The van der Waals surface area contributed by atoms with E-state index in [1.54, 1.807) is 20.8 Å². The van der Waals surface area contributed by atoms with Crippen molar-refractivity contribution >= 4 is 19.4 Å². The Morgan fingerprint density at radius 3 is 2.08 bits per heavy atom. The first-order valence-corrected chi connectivity index (χ1v) is 18.9. The number of hydrogen-bond acceptors (Lipinski definition) is 8. The van der Waals surface area contributed by atoms with Gasteiger partial charge in [0.05, 0.1) is 6.10 Å². The van der Waals surface area contributed by atoms with Crippen molar-refractivity contribution in [1.82, 2.24) is 10.6 Å². The summed E-state index contributed by atoms with van der Waals surface area (Å²) in [5, 5.41) is 29.7. The van der Waals surface area contributed by atoms with Gasteiger partial charge in [0.2, 0.25) is 0 Å². The number of fused-ring (bicyclic) bond motifs is 5. The van der Waals surface area contributed by atoms with Gasteiger partial charge < -0.3 is 30.6 Å². The molecule has 0 heterocycles. The second kappa shape index (κ2) is 15.0. The number of aliphatic hydroxyl groups excluding tert-OH is 1. The zero-order valence-electron chi connectivity index (χ0n) is 28.9. The molecule has 0 aromatic heterocycles. The highest BCUT2D eigenvalue weighted by Crippen LogP contribution is 2.70. The van der Waals surface area contributed by atoms with Gasteiger partial charge in [0, 0.05) is 42.9 Å². The predicted molar refractivity (Wildman–Crippen MR) is 187 cm³/mol. The molecule has 0 aliphatic heterocycles. The lowest BCUT2D eigenvalue weighted by atomic mass is 9.44. The van der Waals surface area contributed by atoms with E-state index < -0.39 is 66.2 Å². The van der Waals surface area contributed by atoms with Crippen molar-refractivity contribution < 1.29 is 43.1 Å². The van der Waals surface area contributed by atoms with E-state index in [9.17, 15) is 24.4 Å². The van der Waals surface area contributed by atoms with Gasteiger partial charge in [0.1, 0.15) is 12.2 Å². The molecule has 4 aliphatic rings. The number of phosphoric ester groups is 1. The lowest BCUT2D eigenvalue weighted by Gasteiger charge is -2.62. The van der Waals surface area contributed by atoms with Gasteiger partial charge in [-0.3, -0.25) is 14.1 Å². The number of aliphatic hydroxyl groups is 2. The molecular weight excluding hydrogens is 662 g/mol. The van der Waals surface area contributed by atoms with Crippen LogP contribution in [0, 0.1) is 28.6 Å². The number of benzene rings is 2. The van der Waals surface area contributed by atoms with Gasteiger partial charge in [-0.2, -0.15) is 0 Å². The second-order valence-electron chi connectivity index (χ2n) is 14.7. The van der Waals surface area contributed by atoms with Crippen LogP contribution in [0.25, 0.3) is 0 Å². The molecule has 0 radical (unpaired) electrons. The third kappa shape index (κ3) is 7.25. The quantitative estimate of drug-likeness (QED) is 0.144. The first-order valence-electron chi connectivity index (χ1n) is 17.3. The number of alkyl halides is 1. The van der Waals surface area contributed by atoms with Gasteiger partial charge in [0.15, 0.2) is 17.2 Å². The number of nitrogens with one attached hydrogen (secondary N) is 2. The Balaban J connectivity index is 0.000000228. The molecule has 4 aliphatic carbocycles. The second-order valence-corrected chi connectivity index (χ2v) is 15.9. The van der Waals surface area contributed by atoms with Crippen molar-refractivity contribution in [1.29, 1.82) is 0 Å². The van der Waals surface area contributed by atoms with Crippen LogP contribution in [0.3, 0.4) is 0 Å². The number of hydrogen-bond donors (Lipinski definition) is 6. The summed E-state index contributed by atoms with van der Waals surface area (Å²) in [6, 6.07) is 21.0. The highest BCUT2D eigenvalue weighted by Gasteiger charge is 2.75. The molecule has 3 saturated carbocycles. The van der Waals surface area contributed by atoms with Gasteiger partial charge in [-0.05, 0) is 67.7 Å². The number of halogens is 1. The van der Waals surface area contributed by atoms with E-state index in [0.717, 1.165) is 26.2 Å².